The zero-order valence-corrected chi connectivity index (χ0v) is 8.43. The molecule has 7 heteroatoms. The SMILES string of the molecule is Cc1cc(CS(N)(=O)=O)nc(Cl)n1. The van der Waals surface area contributed by atoms with Crippen molar-refractivity contribution in [1.82, 2.24) is 9.97 Å². The molecule has 1 heterocycles. The summed E-state index contributed by atoms with van der Waals surface area (Å²) in [6, 6.07) is 1.52. The van der Waals surface area contributed by atoms with Crippen LogP contribution in [0.3, 0.4) is 0 Å². The number of aromatic nitrogens is 2. The summed E-state index contributed by atoms with van der Waals surface area (Å²) in [7, 11) is -3.56. The van der Waals surface area contributed by atoms with E-state index in [1.165, 1.54) is 6.07 Å². The average Bonchev–Trinajstić information content (AvgIpc) is 1.78. The van der Waals surface area contributed by atoms with Crippen LogP contribution in [0.4, 0.5) is 0 Å². The minimum Gasteiger partial charge on any atom is -0.228 e. The van der Waals surface area contributed by atoms with Crippen LogP contribution in [0.5, 0.6) is 0 Å². The minimum absolute atomic E-state index is 0.0265. The van der Waals surface area contributed by atoms with Gasteiger partial charge in [-0.15, -0.1) is 0 Å². The second-order valence-electron chi connectivity index (χ2n) is 2.58. The van der Waals surface area contributed by atoms with Crippen LogP contribution in [-0.2, 0) is 15.8 Å². The quantitative estimate of drug-likeness (QED) is 0.725. The third-order valence-electron chi connectivity index (χ3n) is 1.23. The van der Waals surface area contributed by atoms with Crippen LogP contribution in [0.15, 0.2) is 6.07 Å². The fraction of sp³-hybridized carbons (Fsp3) is 0.333. The first-order valence-corrected chi connectivity index (χ1v) is 5.47. The average molecular weight is 222 g/mol. The smallest absolute Gasteiger partial charge is 0.222 e. The number of primary sulfonamides is 1. The Morgan fingerprint density at radius 3 is 2.62 bits per heavy atom. The van der Waals surface area contributed by atoms with Gasteiger partial charge in [0.2, 0.25) is 15.3 Å². The second-order valence-corrected chi connectivity index (χ2v) is 4.53. The molecule has 0 fully saturated rings. The summed E-state index contributed by atoms with van der Waals surface area (Å²) in [5, 5.41) is 4.86. The van der Waals surface area contributed by atoms with Gasteiger partial charge < -0.3 is 0 Å². The molecule has 0 atom stereocenters. The van der Waals surface area contributed by atoms with Crippen LogP contribution in [0.2, 0.25) is 5.28 Å². The van der Waals surface area contributed by atoms with E-state index in [1.807, 2.05) is 0 Å². The van der Waals surface area contributed by atoms with Crippen molar-refractivity contribution >= 4 is 21.6 Å². The number of sulfonamides is 1. The topological polar surface area (TPSA) is 85.9 Å². The van der Waals surface area contributed by atoms with E-state index in [4.69, 9.17) is 16.7 Å². The van der Waals surface area contributed by atoms with Gasteiger partial charge >= 0.3 is 0 Å². The van der Waals surface area contributed by atoms with E-state index < -0.39 is 10.0 Å². The third kappa shape index (κ3) is 3.67. The molecule has 0 aliphatic rings. The van der Waals surface area contributed by atoms with Crippen LogP contribution in [0.1, 0.15) is 11.4 Å². The summed E-state index contributed by atoms with van der Waals surface area (Å²) >= 11 is 5.52. The molecule has 2 N–H and O–H groups in total. The summed E-state index contributed by atoms with van der Waals surface area (Å²) in [6.07, 6.45) is 0. The largest absolute Gasteiger partial charge is 0.228 e. The van der Waals surface area contributed by atoms with Gasteiger partial charge in [-0.05, 0) is 24.6 Å². The Balaban J connectivity index is 3.03. The van der Waals surface area contributed by atoms with Crippen molar-refractivity contribution in [2.75, 3.05) is 0 Å². The van der Waals surface area contributed by atoms with E-state index in [9.17, 15) is 8.42 Å². The summed E-state index contributed by atoms with van der Waals surface area (Å²) < 4.78 is 21.4. The Kier molecular flexibility index (Phi) is 2.84. The molecule has 5 nitrogen and oxygen atoms in total. The normalized spacial score (nSPS) is 11.6. The molecule has 0 spiro atoms. The highest BCUT2D eigenvalue weighted by Crippen LogP contribution is 2.06. The molecule has 1 rings (SSSR count). The molecule has 72 valence electrons. The minimum atomic E-state index is -3.56. The lowest BCUT2D eigenvalue weighted by molar-refractivity contribution is 0.596. The van der Waals surface area contributed by atoms with Crippen LogP contribution < -0.4 is 5.14 Å². The maximum Gasteiger partial charge on any atom is 0.222 e. The first kappa shape index (κ1) is 10.4. The van der Waals surface area contributed by atoms with Gasteiger partial charge in [0.15, 0.2) is 0 Å². The monoisotopic (exact) mass is 221 g/mol. The first-order chi connectivity index (χ1) is 5.87. The van der Waals surface area contributed by atoms with Crippen molar-refractivity contribution in [3.8, 4) is 0 Å². The number of aryl methyl sites for hydroxylation is 1. The van der Waals surface area contributed by atoms with Gasteiger partial charge in [-0.2, -0.15) is 0 Å². The van der Waals surface area contributed by atoms with Gasteiger partial charge in [0.25, 0.3) is 0 Å². The Labute approximate surface area is 81.0 Å². The number of hydrogen-bond acceptors (Lipinski definition) is 4. The fourth-order valence-corrected chi connectivity index (χ4v) is 1.68. The van der Waals surface area contributed by atoms with Crippen molar-refractivity contribution in [3.05, 3.63) is 22.7 Å². The van der Waals surface area contributed by atoms with Crippen LogP contribution in [0, 0.1) is 6.92 Å². The molecule has 0 unspecified atom stereocenters. The first-order valence-electron chi connectivity index (χ1n) is 3.37. The lowest BCUT2D eigenvalue weighted by Crippen LogP contribution is -2.15. The number of rotatable bonds is 2. The molecule has 0 radical (unpaired) electrons. The molecule has 1 aromatic rings. The second kappa shape index (κ2) is 3.57. The number of nitrogens with zero attached hydrogens (tertiary/aromatic N) is 2. The van der Waals surface area contributed by atoms with E-state index in [2.05, 4.69) is 9.97 Å². The Bertz CT molecular complexity index is 398. The highest BCUT2D eigenvalue weighted by atomic mass is 35.5. The van der Waals surface area contributed by atoms with Crippen LogP contribution >= 0.6 is 11.6 Å². The van der Waals surface area contributed by atoms with Gasteiger partial charge in [-0.25, -0.2) is 23.5 Å². The lowest BCUT2D eigenvalue weighted by atomic mass is 10.4. The highest BCUT2D eigenvalue weighted by molar-refractivity contribution is 7.88. The Morgan fingerprint density at radius 1 is 1.54 bits per heavy atom. The van der Waals surface area contributed by atoms with E-state index in [0.29, 0.717) is 11.4 Å². The molecule has 0 saturated carbocycles. The van der Waals surface area contributed by atoms with Crippen molar-refractivity contribution in [2.24, 2.45) is 5.14 Å². The molecule has 0 amide bonds. The molecular formula is C6H8ClN3O2S. The predicted octanol–water partition coefficient (Wildman–Crippen LogP) is 0.227. The van der Waals surface area contributed by atoms with E-state index >= 15 is 0 Å². The van der Waals surface area contributed by atoms with E-state index in [-0.39, 0.29) is 11.0 Å². The highest BCUT2D eigenvalue weighted by Gasteiger charge is 2.07. The predicted molar refractivity (Wildman–Crippen MR) is 48.6 cm³/mol. The Hall–Kier alpha value is -0.720. The number of nitrogens with two attached hydrogens (primary N) is 1. The molecule has 0 aromatic carbocycles. The van der Waals surface area contributed by atoms with E-state index in [0.717, 1.165) is 0 Å². The van der Waals surface area contributed by atoms with Gasteiger partial charge in [-0.3, -0.25) is 0 Å². The molecule has 0 aliphatic carbocycles. The van der Waals surface area contributed by atoms with Crippen molar-refractivity contribution in [3.63, 3.8) is 0 Å². The maximum absolute atomic E-state index is 10.7. The summed E-state index contributed by atoms with van der Waals surface area (Å²) in [5.74, 6) is -0.323. The van der Waals surface area contributed by atoms with Gasteiger partial charge in [0.05, 0.1) is 5.69 Å². The summed E-state index contributed by atoms with van der Waals surface area (Å²) in [4.78, 5) is 7.50. The van der Waals surface area contributed by atoms with Crippen LogP contribution in [0.25, 0.3) is 0 Å². The lowest BCUT2D eigenvalue weighted by Gasteiger charge is -1.99. The van der Waals surface area contributed by atoms with Crippen LogP contribution in [-0.4, -0.2) is 18.4 Å². The zero-order chi connectivity index (χ0) is 10.1. The molecule has 0 aliphatic heterocycles. The standard InChI is InChI=1S/C6H8ClN3O2S/c1-4-2-5(3-13(8,11)12)10-6(7)9-4/h2H,3H2,1H3,(H2,8,11,12). The number of halogens is 1. The van der Waals surface area contributed by atoms with Crippen molar-refractivity contribution in [1.29, 1.82) is 0 Å². The van der Waals surface area contributed by atoms with E-state index in [1.54, 1.807) is 6.92 Å². The maximum atomic E-state index is 10.7. The van der Waals surface area contributed by atoms with Gasteiger partial charge in [-0.1, -0.05) is 0 Å². The fourth-order valence-electron chi connectivity index (χ4n) is 0.875. The molecule has 1 aromatic heterocycles. The summed E-state index contributed by atoms with van der Waals surface area (Å²) in [6.45, 7) is 1.69. The Morgan fingerprint density at radius 2 is 2.15 bits per heavy atom. The summed E-state index contributed by atoms with van der Waals surface area (Å²) in [5.41, 5.74) is 0.915. The molecule has 0 bridgehead atoms. The zero-order valence-electron chi connectivity index (χ0n) is 6.86. The molecule has 0 saturated heterocycles. The van der Waals surface area contributed by atoms with Crippen molar-refractivity contribution < 1.29 is 8.42 Å². The van der Waals surface area contributed by atoms with Gasteiger partial charge in [0.1, 0.15) is 5.75 Å². The molecule has 13 heavy (non-hydrogen) atoms. The van der Waals surface area contributed by atoms with Crippen molar-refractivity contribution in [2.45, 2.75) is 12.7 Å². The third-order valence-corrected chi connectivity index (χ3v) is 2.10. The van der Waals surface area contributed by atoms with Gasteiger partial charge in [0, 0.05) is 5.69 Å². The molecular weight excluding hydrogens is 214 g/mol. The number of hydrogen-bond donors (Lipinski definition) is 1.